The number of rotatable bonds is 3. The van der Waals surface area contributed by atoms with Crippen LogP contribution >= 0.6 is 0 Å². The number of nitrogens with zero attached hydrogens (tertiary/aromatic N) is 2. The van der Waals surface area contributed by atoms with Gasteiger partial charge in [-0.15, -0.1) is 0 Å². The minimum atomic E-state index is 0.426. The fourth-order valence-electron chi connectivity index (χ4n) is 1.36. The van der Waals surface area contributed by atoms with Gasteiger partial charge in [0.25, 0.3) is 0 Å². The third kappa shape index (κ3) is 3.41. The lowest BCUT2D eigenvalue weighted by Gasteiger charge is -1.99. The van der Waals surface area contributed by atoms with E-state index in [1.165, 1.54) is 0 Å². The maximum atomic E-state index is 4.40. The van der Waals surface area contributed by atoms with Crippen molar-refractivity contribution in [2.75, 3.05) is 13.1 Å². The van der Waals surface area contributed by atoms with E-state index in [0.29, 0.717) is 5.92 Å². The number of aryl methyl sites for hydroxylation is 1. The smallest absolute Gasteiger partial charge is 0.0806 e. The number of hydrogen-bond donors (Lipinski definition) is 1. The molecule has 82 valence electrons. The molecule has 0 aliphatic carbocycles. The summed E-state index contributed by atoms with van der Waals surface area (Å²) in [5.74, 6) is 6.68. The van der Waals surface area contributed by atoms with Gasteiger partial charge in [-0.1, -0.05) is 32.6 Å². The predicted octanol–water partition coefficient (Wildman–Crippen LogP) is 1.50. The average Bonchev–Trinajstić information content (AvgIpc) is 2.55. The van der Waals surface area contributed by atoms with Crippen LogP contribution in [0.5, 0.6) is 0 Å². The van der Waals surface area contributed by atoms with Crippen LogP contribution in [0.3, 0.4) is 0 Å². The van der Waals surface area contributed by atoms with E-state index in [0.717, 1.165) is 24.3 Å². The molecule has 0 aliphatic heterocycles. The molecule has 1 rings (SSSR count). The van der Waals surface area contributed by atoms with Crippen LogP contribution in [-0.4, -0.2) is 22.9 Å². The van der Waals surface area contributed by atoms with E-state index < -0.39 is 0 Å². The van der Waals surface area contributed by atoms with E-state index >= 15 is 0 Å². The summed E-state index contributed by atoms with van der Waals surface area (Å²) < 4.78 is 1.83. The monoisotopic (exact) mass is 205 g/mol. The summed E-state index contributed by atoms with van der Waals surface area (Å²) in [6.07, 6.45) is 1.98. The molecule has 0 spiro atoms. The highest BCUT2D eigenvalue weighted by Gasteiger charge is 2.08. The van der Waals surface area contributed by atoms with E-state index in [4.69, 9.17) is 0 Å². The molecule has 1 aromatic rings. The first-order valence-corrected chi connectivity index (χ1v) is 5.38. The normalized spacial score (nSPS) is 10.2. The molecule has 0 atom stereocenters. The van der Waals surface area contributed by atoms with Crippen LogP contribution in [-0.2, 0) is 7.05 Å². The molecule has 0 saturated carbocycles. The van der Waals surface area contributed by atoms with Crippen LogP contribution < -0.4 is 5.32 Å². The molecule has 1 heterocycles. The van der Waals surface area contributed by atoms with Crippen LogP contribution in [0.1, 0.15) is 37.9 Å². The minimum absolute atomic E-state index is 0.426. The molecule has 0 saturated heterocycles. The first kappa shape index (κ1) is 11.8. The van der Waals surface area contributed by atoms with Crippen LogP contribution in [0, 0.1) is 11.8 Å². The molecule has 0 bridgehead atoms. The fraction of sp³-hybridized carbons (Fsp3) is 0.583. The molecule has 0 aromatic carbocycles. The van der Waals surface area contributed by atoms with Crippen LogP contribution in [0.4, 0.5) is 0 Å². The molecule has 0 aliphatic rings. The molecule has 1 N–H and O–H groups in total. The molecule has 1 aromatic heterocycles. The summed E-state index contributed by atoms with van der Waals surface area (Å²) in [4.78, 5) is 0. The van der Waals surface area contributed by atoms with Gasteiger partial charge in [-0.25, -0.2) is 0 Å². The number of nitrogens with one attached hydrogen (secondary N) is 1. The SMILES string of the molecule is CCNCC#Cc1cn(C)nc1C(C)C. The molecular formula is C12H19N3. The van der Waals surface area contributed by atoms with Crippen molar-refractivity contribution in [3.8, 4) is 11.8 Å². The zero-order chi connectivity index (χ0) is 11.3. The highest BCUT2D eigenvalue weighted by atomic mass is 15.3. The Morgan fingerprint density at radius 2 is 2.27 bits per heavy atom. The minimum Gasteiger partial charge on any atom is -0.306 e. The van der Waals surface area contributed by atoms with Gasteiger partial charge in [0.2, 0.25) is 0 Å². The molecule has 0 fully saturated rings. The summed E-state index contributed by atoms with van der Waals surface area (Å²) >= 11 is 0. The Kier molecular flexibility index (Phi) is 4.38. The van der Waals surface area contributed by atoms with Crippen molar-refractivity contribution in [3.63, 3.8) is 0 Å². The molecule has 15 heavy (non-hydrogen) atoms. The maximum absolute atomic E-state index is 4.40. The van der Waals surface area contributed by atoms with Crippen LogP contribution in [0.25, 0.3) is 0 Å². The standard InChI is InChI=1S/C12H19N3/c1-5-13-8-6-7-11-9-15(4)14-12(11)10(2)3/h9-10,13H,5,8H2,1-4H3. The second-order valence-corrected chi connectivity index (χ2v) is 3.84. The van der Waals surface area contributed by atoms with Crippen molar-refractivity contribution in [1.29, 1.82) is 0 Å². The molecule has 3 nitrogen and oxygen atoms in total. The fourth-order valence-corrected chi connectivity index (χ4v) is 1.36. The maximum Gasteiger partial charge on any atom is 0.0806 e. The molecule has 0 unspecified atom stereocenters. The van der Waals surface area contributed by atoms with Gasteiger partial charge in [-0.3, -0.25) is 4.68 Å². The zero-order valence-corrected chi connectivity index (χ0v) is 9.96. The Bertz CT molecular complexity index is 366. The molecular weight excluding hydrogens is 186 g/mol. The highest BCUT2D eigenvalue weighted by Crippen LogP contribution is 2.15. The lowest BCUT2D eigenvalue weighted by molar-refractivity contribution is 0.713. The van der Waals surface area contributed by atoms with Gasteiger partial charge < -0.3 is 5.32 Å². The average molecular weight is 205 g/mol. The second kappa shape index (κ2) is 5.57. The van der Waals surface area contributed by atoms with Crippen molar-refractivity contribution in [3.05, 3.63) is 17.5 Å². The Morgan fingerprint density at radius 1 is 1.53 bits per heavy atom. The van der Waals surface area contributed by atoms with E-state index in [1.807, 2.05) is 17.9 Å². The zero-order valence-electron chi connectivity index (χ0n) is 9.96. The quantitative estimate of drug-likeness (QED) is 0.598. The summed E-state index contributed by atoms with van der Waals surface area (Å²) in [5, 5.41) is 7.58. The molecule has 3 heteroatoms. The Hall–Kier alpha value is -1.27. The summed E-state index contributed by atoms with van der Waals surface area (Å²) in [6.45, 7) is 8.04. The van der Waals surface area contributed by atoms with E-state index in [1.54, 1.807) is 0 Å². The van der Waals surface area contributed by atoms with Crippen molar-refractivity contribution in [2.45, 2.75) is 26.7 Å². The summed E-state index contributed by atoms with van der Waals surface area (Å²) in [7, 11) is 1.93. The van der Waals surface area contributed by atoms with Gasteiger partial charge in [0.15, 0.2) is 0 Å². The van der Waals surface area contributed by atoms with Gasteiger partial charge in [0.05, 0.1) is 17.8 Å². The van der Waals surface area contributed by atoms with Crippen molar-refractivity contribution in [1.82, 2.24) is 15.1 Å². The molecule has 0 radical (unpaired) electrons. The van der Waals surface area contributed by atoms with Gasteiger partial charge in [-0.2, -0.15) is 5.10 Å². The van der Waals surface area contributed by atoms with Crippen molar-refractivity contribution >= 4 is 0 Å². The Morgan fingerprint density at radius 3 is 2.87 bits per heavy atom. The number of hydrogen-bond acceptors (Lipinski definition) is 2. The number of aromatic nitrogens is 2. The van der Waals surface area contributed by atoms with Crippen molar-refractivity contribution in [2.24, 2.45) is 7.05 Å². The van der Waals surface area contributed by atoms with Gasteiger partial charge in [0, 0.05) is 13.2 Å². The van der Waals surface area contributed by atoms with Crippen LogP contribution in [0.2, 0.25) is 0 Å². The van der Waals surface area contributed by atoms with Gasteiger partial charge in [0.1, 0.15) is 0 Å². The van der Waals surface area contributed by atoms with E-state index in [-0.39, 0.29) is 0 Å². The third-order valence-corrected chi connectivity index (χ3v) is 2.09. The van der Waals surface area contributed by atoms with Gasteiger partial charge >= 0.3 is 0 Å². The largest absolute Gasteiger partial charge is 0.306 e. The lowest BCUT2D eigenvalue weighted by Crippen LogP contribution is -2.11. The van der Waals surface area contributed by atoms with Gasteiger partial charge in [-0.05, 0) is 12.5 Å². The van der Waals surface area contributed by atoms with Crippen LogP contribution in [0.15, 0.2) is 6.20 Å². The summed E-state index contributed by atoms with van der Waals surface area (Å²) in [5.41, 5.74) is 2.13. The third-order valence-electron chi connectivity index (χ3n) is 2.09. The lowest BCUT2D eigenvalue weighted by atomic mass is 10.1. The molecule has 0 amide bonds. The second-order valence-electron chi connectivity index (χ2n) is 3.84. The van der Waals surface area contributed by atoms with E-state index in [9.17, 15) is 0 Å². The highest BCUT2D eigenvalue weighted by molar-refractivity contribution is 5.38. The first-order chi connectivity index (χ1) is 7.15. The van der Waals surface area contributed by atoms with Crippen molar-refractivity contribution < 1.29 is 0 Å². The topological polar surface area (TPSA) is 29.9 Å². The Labute approximate surface area is 91.9 Å². The predicted molar refractivity (Wildman–Crippen MR) is 62.7 cm³/mol. The first-order valence-electron chi connectivity index (χ1n) is 5.38. The Balaban J connectivity index is 2.78. The van der Waals surface area contributed by atoms with E-state index in [2.05, 4.69) is 43.0 Å². The summed E-state index contributed by atoms with van der Waals surface area (Å²) in [6, 6.07) is 0.